The Morgan fingerprint density at radius 2 is 1.81 bits per heavy atom. The number of piperazine rings is 1. The Bertz CT molecular complexity index is 537. The topological polar surface area (TPSA) is 64.7 Å². The summed E-state index contributed by atoms with van der Waals surface area (Å²) in [5, 5.41) is 3.26. The van der Waals surface area contributed by atoms with Crippen LogP contribution in [0, 0.1) is 0 Å². The first kappa shape index (κ1) is 16.1. The lowest BCUT2D eigenvalue weighted by Crippen LogP contribution is -2.45. The lowest BCUT2D eigenvalue weighted by Gasteiger charge is -2.26. The van der Waals surface area contributed by atoms with E-state index in [1.165, 1.54) is 0 Å². The molecule has 0 amide bonds. The molecule has 0 atom stereocenters. The second-order valence-electron chi connectivity index (χ2n) is 5.45. The van der Waals surface area contributed by atoms with Crippen LogP contribution in [0.15, 0.2) is 24.3 Å². The van der Waals surface area contributed by atoms with Gasteiger partial charge in [0.15, 0.2) is 0 Å². The van der Waals surface area contributed by atoms with Crippen LogP contribution in [-0.2, 0) is 10.0 Å². The Hall–Kier alpha value is -1.31. The van der Waals surface area contributed by atoms with Crippen molar-refractivity contribution in [2.75, 3.05) is 62.2 Å². The number of sulfonamides is 1. The minimum Gasteiger partial charge on any atom is -0.378 e. The SMILES string of the molecule is CN(C)c1ccc(NS(=O)(=O)CCN2CCNCC2)cc1. The van der Waals surface area contributed by atoms with Crippen molar-refractivity contribution < 1.29 is 8.42 Å². The third-order valence-corrected chi connectivity index (χ3v) is 4.81. The van der Waals surface area contributed by atoms with Crippen molar-refractivity contribution in [3.63, 3.8) is 0 Å². The van der Waals surface area contributed by atoms with E-state index in [-0.39, 0.29) is 5.75 Å². The monoisotopic (exact) mass is 312 g/mol. The second-order valence-corrected chi connectivity index (χ2v) is 7.30. The first-order valence-electron chi connectivity index (χ1n) is 7.17. The van der Waals surface area contributed by atoms with Crippen molar-refractivity contribution in [3.05, 3.63) is 24.3 Å². The molecule has 21 heavy (non-hydrogen) atoms. The number of nitrogens with one attached hydrogen (secondary N) is 2. The lowest BCUT2D eigenvalue weighted by molar-refractivity contribution is 0.254. The fraction of sp³-hybridized carbons (Fsp3) is 0.571. The van der Waals surface area contributed by atoms with E-state index in [0.29, 0.717) is 12.2 Å². The van der Waals surface area contributed by atoms with E-state index in [9.17, 15) is 8.42 Å². The van der Waals surface area contributed by atoms with Crippen molar-refractivity contribution in [1.29, 1.82) is 0 Å². The van der Waals surface area contributed by atoms with Gasteiger partial charge < -0.3 is 10.2 Å². The maximum absolute atomic E-state index is 12.1. The molecule has 0 unspecified atom stereocenters. The molecule has 0 radical (unpaired) electrons. The van der Waals surface area contributed by atoms with Crippen LogP contribution in [-0.4, -0.2) is 65.9 Å². The number of hydrogen-bond acceptors (Lipinski definition) is 5. The van der Waals surface area contributed by atoms with Crippen molar-refractivity contribution >= 4 is 21.4 Å². The van der Waals surface area contributed by atoms with Gasteiger partial charge in [0.1, 0.15) is 0 Å². The largest absolute Gasteiger partial charge is 0.378 e. The summed E-state index contributed by atoms with van der Waals surface area (Å²) < 4.78 is 26.8. The van der Waals surface area contributed by atoms with Crippen molar-refractivity contribution in [2.24, 2.45) is 0 Å². The van der Waals surface area contributed by atoms with Gasteiger partial charge in [0.05, 0.1) is 5.75 Å². The van der Waals surface area contributed by atoms with Gasteiger partial charge in [0.25, 0.3) is 0 Å². The number of hydrogen-bond donors (Lipinski definition) is 2. The van der Waals surface area contributed by atoms with E-state index < -0.39 is 10.0 Å². The lowest BCUT2D eigenvalue weighted by atomic mass is 10.3. The molecule has 2 N–H and O–H groups in total. The van der Waals surface area contributed by atoms with Gasteiger partial charge in [0, 0.05) is 58.2 Å². The Morgan fingerprint density at radius 1 is 1.19 bits per heavy atom. The molecule has 1 heterocycles. The fourth-order valence-electron chi connectivity index (χ4n) is 2.24. The van der Waals surface area contributed by atoms with Crippen LogP contribution in [0.4, 0.5) is 11.4 Å². The number of anilines is 2. The molecule has 0 aromatic heterocycles. The average molecular weight is 312 g/mol. The first-order valence-corrected chi connectivity index (χ1v) is 8.82. The van der Waals surface area contributed by atoms with Gasteiger partial charge in [-0.2, -0.15) is 0 Å². The van der Waals surface area contributed by atoms with E-state index in [0.717, 1.165) is 31.9 Å². The summed E-state index contributed by atoms with van der Waals surface area (Å²) in [6.07, 6.45) is 0. The summed E-state index contributed by atoms with van der Waals surface area (Å²) in [6, 6.07) is 7.37. The molecule has 1 fully saturated rings. The van der Waals surface area contributed by atoms with E-state index in [2.05, 4.69) is 14.9 Å². The fourth-order valence-corrected chi connectivity index (χ4v) is 3.34. The smallest absolute Gasteiger partial charge is 0.233 e. The van der Waals surface area contributed by atoms with E-state index in [1.807, 2.05) is 31.1 Å². The molecule has 6 nitrogen and oxygen atoms in total. The molecule has 118 valence electrons. The van der Waals surface area contributed by atoms with Gasteiger partial charge in [-0.3, -0.25) is 9.62 Å². The summed E-state index contributed by atoms with van der Waals surface area (Å²) in [6.45, 7) is 4.26. The standard InChI is InChI=1S/C14H24N4O2S/c1-17(2)14-5-3-13(4-6-14)16-21(19,20)12-11-18-9-7-15-8-10-18/h3-6,15-16H,7-12H2,1-2H3. The summed E-state index contributed by atoms with van der Waals surface area (Å²) >= 11 is 0. The second kappa shape index (κ2) is 7.11. The van der Waals surface area contributed by atoms with Crippen LogP contribution < -0.4 is 14.9 Å². The van der Waals surface area contributed by atoms with Gasteiger partial charge in [-0.05, 0) is 24.3 Å². The molecule has 7 heteroatoms. The Labute approximate surface area is 127 Å². The van der Waals surface area contributed by atoms with Crippen LogP contribution in [0.3, 0.4) is 0 Å². The highest BCUT2D eigenvalue weighted by molar-refractivity contribution is 7.92. The zero-order valence-electron chi connectivity index (χ0n) is 12.7. The summed E-state index contributed by atoms with van der Waals surface area (Å²) in [4.78, 5) is 4.15. The molecule has 1 aromatic carbocycles. The molecule has 0 spiro atoms. The maximum atomic E-state index is 12.1. The normalized spacial score (nSPS) is 16.7. The average Bonchev–Trinajstić information content (AvgIpc) is 2.46. The molecule has 0 saturated carbocycles. The van der Waals surface area contributed by atoms with Crippen LogP contribution in [0.5, 0.6) is 0 Å². The van der Waals surface area contributed by atoms with Crippen LogP contribution >= 0.6 is 0 Å². The molecular weight excluding hydrogens is 288 g/mol. The molecule has 1 aliphatic rings. The number of rotatable bonds is 6. The molecule has 1 saturated heterocycles. The van der Waals surface area contributed by atoms with Gasteiger partial charge in [-0.25, -0.2) is 8.42 Å². The highest BCUT2D eigenvalue weighted by Crippen LogP contribution is 2.16. The predicted octanol–water partition coefficient (Wildman–Crippen LogP) is 0.400. The summed E-state index contributed by atoms with van der Waals surface area (Å²) in [7, 11) is 0.609. The molecule has 1 aliphatic heterocycles. The van der Waals surface area contributed by atoms with Gasteiger partial charge in [-0.15, -0.1) is 0 Å². The zero-order valence-corrected chi connectivity index (χ0v) is 13.5. The molecular formula is C14H24N4O2S. The highest BCUT2D eigenvalue weighted by atomic mass is 32.2. The van der Waals surface area contributed by atoms with Crippen LogP contribution in [0.25, 0.3) is 0 Å². The Kier molecular flexibility index (Phi) is 5.44. The predicted molar refractivity (Wildman–Crippen MR) is 87.5 cm³/mol. The minimum absolute atomic E-state index is 0.127. The minimum atomic E-state index is -3.29. The maximum Gasteiger partial charge on any atom is 0.233 e. The third-order valence-electron chi connectivity index (χ3n) is 3.54. The van der Waals surface area contributed by atoms with Gasteiger partial charge >= 0.3 is 0 Å². The number of benzene rings is 1. The molecule has 0 aliphatic carbocycles. The van der Waals surface area contributed by atoms with Crippen molar-refractivity contribution in [2.45, 2.75) is 0 Å². The zero-order chi connectivity index (χ0) is 15.3. The van der Waals surface area contributed by atoms with Crippen molar-refractivity contribution in [3.8, 4) is 0 Å². The third kappa shape index (κ3) is 5.18. The van der Waals surface area contributed by atoms with E-state index >= 15 is 0 Å². The van der Waals surface area contributed by atoms with Gasteiger partial charge in [0.2, 0.25) is 10.0 Å². The number of nitrogens with zero attached hydrogens (tertiary/aromatic N) is 2. The Balaban J connectivity index is 1.87. The van der Waals surface area contributed by atoms with Gasteiger partial charge in [-0.1, -0.05) is 0 Å². The van der Waals surface area contributed by atoms with E-state index in [1.54, 1.807) is 12.1 Å². The van der Waals surface area contributed by atoms with Crippen LogP contribution in [0.2, 0.25) is 0 Å². The van der Waals surface area contributed by atoms with Crippen LogP contribution in [0.1, 0.15) is 0 Å². The first-order chi connectivity index (χ1) is 9.96. The molecule has 1 aromatic rings. The molecule has 2 rings (SSSR count). The highest BCUT2D eigenvalue weighted by Gasteiger charge is 2.15. The Morgan fingerprint density at radius 3 is 2.38 bits per heavy atom. The van der Waals surface area contributed by atoms with E-state index in [4.69, 9.17) is 0 Å². The van der Waals surface area contributed by atoms with Crippen molar-refractivity contribution in [1.82, 2.24) is 10.2 Å². The summed E-state index contributed by atoms with van der Waals surface area (Å²) in [5.74, 6) is 0.127. The quantitative estimate of drug-likeness (QED) is 0.796. The molecule has 0 bridgehead atoms. The summed E-state index contributed by atoms with van der Waals surface area (Å²) in [5.41, 5.74) is 1.65.